The molecule has 2 aliphatic heterocycles. The molecule has 0 spiro atoms. The van der Waals surface area contributed by atoms with Gasteiger partial charge in [0.05, 0.1) is 5.52 Å². The van der Waals surface area contributed by atoms with E-state index in [0.29, 0.717) is 0 Å². The van der Waals surface area contributed by atoms with Crippen LogP contribution in [0.3, 0.4) is 0 Å². The van der Waals surface area contributed by atoms with Gasteiger partial charge in [-0.05, 0) is 37.7 Å². The van der Waals surface area contributed by atoms with Gasteiger partial charge < -0.3 is 25.3 Å². The van der Waals surface area contributed by atoms with Crippen LogP contribution in [-0.2, 0) is 4.79 Å². The summed E-state index contributed by atoms with van der Waals surface area (Å²) in [6.07, 6.45) is 2.28. The third-order valence-electron chi connectivity index (χ3n) is 5.85. The number of carbonyl (C=O) groups is 1. The Labute approximate surface area is 171 Å². The lowest BCUT2D eigenvalue weighted by molar-refractivity contribution is -0.113. The summed E-state index contributed by atoms with van der Waals surface area (Å²) in [5.41, 5.74) is 7.79. The van der Waals surface area contributed by atoms with Gasteiger partial charge in [0.15, 0.2) is 0 Å². The molecule has 0 aliphatic carbocycles. The van der Waals surface area contributed by atoms with Crippen LogP contribution in [0.15, 0.2) is 30.9 Å². The zero-order chi connectivity index (χ0) is 20.5. The maximum Gasteiger partial charge on any atom is 0.250 e. The predicted octanol–water partition coefficient (Wildman–Crippen LogP) is 1.07. The second-order valence-electron chi connectivity index (χ2n) is 7.94. The van der Waals surface area contributed by atoms with Gasteiger partial charge in [0.2, 0.25) is 11.9 Å². The molecule has 0 saturated carbocycles. The number of benzene rings is 1. The molecule has 4 rings (SSSR count). The quantitative estimate of drug-likeness (QED) is 0.776. The molecule has 1 aromatic heterocycles. The molecule has 8 heteroatoms. The van der Waals surface area contributed by atoms with Crippen molar-refractivity contribution in [2.45, 2.75) is 12.5 Å². The second-order valence-corrected chi connectivity index (χ2v) is 7.94. The van der Waals surface area contributed by atoms with E-state index in [1.54, 1.807) is 11.9 Å². The third kappa shape index (κ3) is 3.90. The maximum atomic E-state index is 12.0. The highest BCUT2D eigenvalue weighted by molar-refractivity contribution is 6.02. The van der Waals surface area contributed by atoms with Gasteiger partial charge in [-0.3, -0.25) is 4.79 Å². The highest BCUT2D eigenvalue weighted by Gasteiger charge is 2.25. The molecule has 0 radical (unpaired) electrons. The van der Waals surface area contributed by atoms with Crippen LogP contribution < -0.4 is 20.4 Å². The minimum Gasteiger partial charge on any atom is -0.354 e. The number of nitrogens with zero attached hydrogens (tertiary/aromatic N) is 6. The lowest BCUT2D eigenvalue weighted by Crippen LogP contribution is -2.45. The number of aromatic nitrogens is 2. The monoisotopic (exact) mass is 395 g/mol. The fraction of sp³-hybridized carbons (Fsp3) is 0.476. The summed E-state index contributed by atoms with van der Waals surface area (Å²) in [6.45, 7) is 9.04. The molecule has 0 bridgehead atoms. The molecule has 154 valence electrons. The van der Waals surface area contributed by atoms with E-state index in [1.807, 2.05) is 18.2 Å². The Morgan fingerprint density at radius 2 is 1.97 bits per heavy atom. The van der Waals surface area contributed by atoms with Crippen molar-refractivity contribution in [3.8, 4) is 0 Å². The number of anilines is 3. The average Bonchev–Trinajstić information content (AvgIpc) is 3.18. The topological polar surface area (TPSA) is 81.8 Å². The van der Waals surface area contributed by atoms with Gasteiger partial charge in [-0.1, -0.05) is 6.58 Å². The van der Waals surface area contributed by atoms with Crippen molar-refractivity contribution in [2.24, 2.45) is 5.73 Å². The Kier molecular flexibility index (Phi) is 5.38. The van der Waals surface area contributed by atoms with E-state index in [1.165, 1.54) is 6.08 Å². The molecule has 2 N–H and O–H groups in total. The molecule has 8 nitrogen and oxygen atoms in total. The minimum atomic E-state index is -0.150. The number of nitrogens with two attached hydrogens (primary N) is 1. The van der Waals surface area contributed by atoms with Crippen molar-refractivity contribution in [3.05, 3.63) is 30.9 Å². The molecule has 2 fully saturated rings. The normalized spacial score (nSPS) is 20.3. The Balaban J connectivity index is 1.78. The fourth-order valence-electron chi connectivity index (χ4n) is 3.93. The first-order chi connectivity index (χ1) is 14.0. The number of hydrogen-bond acceptors (Lipinski definition) is 7. The summed E-state index contributed by atoms with van der Waals surface area (Å²) < 4.78 is 0. The van der Waals surface area contributed by atoms with E-state index >= 15 is 0 Å². The van der Waals surface area contributed by atoms with Gasteiger partial charge in [-0.2, -0.15) is 4.98 Å². The van der Waals surface area contributed by atoms with Crippen LogP contribution in [0.1, 0.15) is 6.42 Å². The number of carbonyl (C=O) groups excluding carboxylic acids is 1. The van der Waals surface area contributed by atoms with E-state index in [0.717, 1.165) is 74.0 Å². The van der Waals surface area contributed by atoms with Crippen molar-refractivity contribution in [1.82, 2.24) is 14.9 Å². The standard InChI is InChI=1S/C21H29N7O/c1-4-19(29)26(3)16-5-6-17-18(13-16)23-21(27-11-9-25(2)10-12-27)24-20(17)28-8-7-15(22)14-28/h4-6,13,15H,1,7-12,14,22H2,2-3H3. The Bertz CT molecular complexity index is 923. The zero-order valence-electron chi connectivity index (χ0n) is 17.2. The summed E-state index contributed by atoms with van der Waals surface area (Å²) in [4.78, 5) is 30.3. The largest absolute Gasteiger partial charge is 0.354 e. The van der Waals surface area contributed by atoms with Crippen molar-refractivity contribution in [3.63, 3.8) is 0 Å². The molecule has 2 aliphatic rings. The first-order valence-corrected chi connectivity index (χ1v) is 10.1. The van der Waals surface area contributed by atoms with E-state index in [-0.39, 0.29) is 11.9 Å². The van der Waals surface area contributed by atoms with Crippen LogP contribution >= 0.6 is 0 Å². The lowest BCUT2D eigenvalue weighted by Gasteiger charge is -2.33. The van der Waals surface area contributed by atoms with Crippen LogP contribution in [0.25, 0.3) is 10.9 Å². The van der Waals surface area contributed by atoms with Crippen molar-refractivity contribution in [1.29, 1.82) is 0 Å². The number of hydrogen-bond donors (Lipinski definition) is 1. The number of likely N-dealkylation sites (N-methyl/N-ethyl adjacent to an activating group) is 2. The van der Waals surface area contributed by atoms with Crippen molar-refractivity contribution in [2.75, 3.05) is 68.1 Å². The Morgan fingerprint density at radius 1 is 1.21 bits per heavy atom. The molecule has 2 saturated heterocycles. The van der Waals surface area contributed by atoms with Gasteiger partial charge in [-0.15, -0.1) is 0 Å². The minimum absolute atomic E-state index is 0.150. The van der Waals surface area contributed by atoms with Crippen LogP contribution in [0, 0.1) is 0 Å². The number of piperazine rings is 1. The summed E-state index contributed by atoms with van der Waals surface area (Å²) in [6, 6.07) is 6.06. The van der Waals surface area contributed by atoms with Gasteiger partial charge in [0, 0.05) is 63.4 Å². The van der Waals surface area contributed by atoms with Crippen LogP contribution in [0.2, 0.25) is 0 Å². The van der Waals surface area contributed by atoms with E-state index in [4.69, 9.17) is 15.7 Å². The van der Waals surface area contributed by atoms with Crippen LogP contribution in [0.4, 0.5) is 17.5 Å². The molecule has 1 unspecified atom stereocenters. The molecular formula is C21H29N7O. The average molecular weight is 396 g/mol. The SMILES string of the molecule is C=CC(=O)N(C)c1ccc2c(N3CCC(N)C3)nc(N3CCN(C)CC3)nc2c1. The molecular weight excluding hydrogens is 366 g/mol. The first kappa shape index (κ1) is 19.6. The number of fused-ring (bicyclic) bond motifs is 1. The number of amides is 1. The summed E-state index contributed by atoms with van der Waals surface area (Å²) in [5, 5.41) is 0.986. The molecule has 1 amide bonds. The molecule has 1 atom stereocenters. The maximum absolute atomic E-state index is 12.0. The Hall–Kier alpha value is -2.71. The highest BCUT2D eigenvalue weighted by Crippen LogP contribution is 2.31. The molecule has 29 heavy (non-hydrogen) atoms. The summed E-state index contributed by atoms with van der Waals surface area (Å²) in [5.74, 6) is 1.53. The van der Waals surface area contributed by atoms with Gasteiger partial charge in [0.1, 0.15) is 5.82 Å². The van der Waals surface area contributed by atoms with E-state index < -0.39 is 0 Å². The fourth-order valence-corrected chi connectivity index (χ4v) is 3.93. The van der Waals surface area contributed by atoms with Gasteiger partial charge in [-0.25, -0.2) is 4.98 Å². The van der Waals surface area contributed by atoms with Gasteiger partial charge in [0.25, 0.3) is 0 Å². The zero-order valence-corrected chi connectivity index (χ0v) is 17.2. The summed E-state index contributed by atoms with van der Waals surface area (Å²) >= 11 is 0. The smallest absolute Gasteiger partial charge is 0.250 e. The molecule has 1 aromatic carbocycles. The predicted molar refractivity (Wildman–Crippen MR) is 118 cm³/mol. The molecule has 2 aromatic rings. The Morgan fingerprint density at radius 3 is 2.62 bits per heavy atom. The number of rotatable bonds is 4. The second kappa shape index (κ2) is 7.96. The van der Waals surface area contributed by atoms with E-state index in [9.17, 15) is 4.79 Å². The van der Waals surface area contributed by atoms with Crippen molar-refractivity contribution >= 4 is 34.3 Å². The van der Waals surface area contributed by atoms with Crippen LogP contribution in [0.5, 0.6) is 0 Å². The van der Waals surface area contributed by atoms with Gasteiger partial charge >= 0.3 is 0 Å². The van der Waals surface area contributed by atoms with E-state index in [2.05, 4.69) is 28.3 Å². The van der Waals surface area contributed by atoms with Crippen LogP contribution in [-0.4, -0.2) is 80.2 Å². The molecule has 3 heterocycles. The highest BCUT2D eigenvalue weighted by atomic mass is 16.2. The van der Waals surface area contributed by atoms with Crippen molar-refractivity contribution < 1.29 is 4.79 Å². The first-order valence-electron chi connectivity index (χ1n) is 10.1. The third-order valence-corrected chi connectivity index (χ3v) is 5.85. The summed E-state index contributed by atoms with van der Waals surface area (Å²) in [7, 11) is 3.88. The lowest BCUT2D eigenvalue weighted by atomic mass is 10.2.